The largest absolute Gasteiger partial charge is 0.466 e. The summed E-state index contributed by atoms with van der Waals surface area (Å²) >= 11 is 0. The van der Waals surface area contributed by atoms with Crippen LogP contribution in [0.2, 0.25) is 0 Å². The maximum Gasteiger partial charge on any atom is 0.308 e. The van der Waals surface area contributed by atoms with E-state index in [0.717, 1.165) is 25.7 Å². The summed E-state index contributed by atoms with van der Waals surface area (Å²) in [5.74, 6) is 0.300. The average molecular weight is 200 g/mol. The molecule has 0 radical (unpaired) electrons. The van der Waals surface area contributed by atoms with Gasteiger partial charge in [0.1, 0.15) is 0 Å². The van der Waals surface area contributed by atoms with Crippen molar-refractivity contribution >= 4 is 5.97 Å². The van der Waals surface area contributed by atoms with E-state index < -0.39 is 0 Å². The van der Waals surface area contributed by atoms with Gasteiger partial charge in [0.05, 0.1) is 18.6 Å². The molecule has 3 heteroatoms. The Morgan fingerprint density at radius 1 is 1.43 bits per heavy atom. The number of hydrogen-bond acceptors (Lipinski definition) is 3. The first-order valence-corrected chi connectivity index (χ1v) is 5.49. The van der Waals surface area contributed by atoms with Crippen molar-refractivity contribution in [1.29, 1.82) is 0 Å². The minimum absolute atomic E-state index is 0.0116. The molecule has 0 bridgehead atoms. The lowest BCUT2D eigenvalue weighted by Gasteiger charge is -2.28. The molecule has 1 rings (SSSR count). The Hall–Kier alpha value is -0.570. The van der Waals surface area contributed by atoms with E-state index in [1.54, 1.807) is 0 Å². The minimum atomic E-state index is -0.152. The molecule has 0 unspecified atom stereocenters. The zero-order valence-corrected chi connectivity index (χ0v) is 9.03. The van der Waals surface area contributed by atoms with E-state index in [4.69, 9.17) is 4.74 Å². The molecule has 3 nitrogen and oxygen atoms in total. The van der Waals surface area contributed by atoms with E-state index in [2.05, 4.69) is 0 Å². The van der Waals surface area contributed by atoms with Crippen LogP contribution in [0, 0.1) is 11.8 Å². The SMILES string of the molecule is CCOC(=O)[C@@H](C)C1CCC(O)CC1. The lowest BCUT2D eigenvalue weighted by molar-refractivity contribution is -0.150. The van der Waals surface area contributed by atoms with Crippen molar-refractivity contribution in [3.05, 3.63) is 0 Å². The van der Waals surface area contributed by atoms with Gasteiger partial charge < -0.3 is 9.84 Å². The smallest absolute Gasteiger partial charge is 0.308 e. The van der Waals surface area contributed by atoms with E-state index in [9.17, 15) is 9.90 Å². The summed E-state index contributed by atoms with van der Waals surface area (Å²) in [5.41, 5.74) is 0. The van der Waals surface area contributed by atoms with E-state index in [1.807, 2.05) is 13.8 Å². The summed E-state index contributed by atoms with van der Waals surface area (Å²) in [6, 6.07) is 0. The molecule has 1 saturated carbocycles. The number of carbonyl (C=O) groups is 1. The highest BCUT2D eigenvalue weighted by atomic mass is 16.5. The van der Waals surface area contributed by atoms with Crippen LogP contribution in [0.3, 0.4) is 0 Å². The van der Waals surface area contributed by atoms with Gasteiger partial charge in [0.25, 0.3) is 0 Å². The van der Waals surface area contributed by atoms with E-state index in [-0.39, 0.29) is 18.0 Å². The Morgan fingerprint density at radius 2 is 2.00 bits per heavy atom. The highest BCUT2D eigenvalue weighted by Crippen LogP contribution is 2.30. The fraction of sp³-hybridized carbons (Fsp3) is 0.909. The maximum atomic E-state index is 11.4. The first-order valence-electron chi connectivity index (χ1n) is 5.49. The van der Waals surface area contributed by atoms with Crippen LogP contribution in [0.25, 0.3) is 0 Å². The highest BCUT2D eigenvalue weighted by Gasteiger charge is 2.28. The van der Waals surface area contributed by atoms with Crippen LogP contribution in [0.5, 0.6) is 0 Å². The first-order chi connectivity index (χ1) is 6.65. The molecule has 0 heterocycles. The van der Waals surface area contributed by atoms with Crippen LogP contribution in [-0.2, 0) is 9.53 Å². The van der Waals surface area contributed by atoms with Crippen molar-refractivity contribution in [1.82, 2.24) is 0 Å². The van der Waals surface area contributed by atoms with Gasteiger partial charge in [0.15, 0.2) is 0 Å². The summed E-state index contributed by atoms with van der Waals surface area (Å²) < 4.78 is 4.98. The monoisotopic (exact) mass is 200 g/mol. The molecule has 14 heavy (non-hydrogen) atoms. The zero-order valence-electron chi connectivity index (χ0n) is 9.03. The van der Waals surface area contributed by atoms with Crippen molar-refractivity contribution in [2.24, 2.45) is 11.8 Å². The molecule has 1 atom stereocenters. The number of aliphatic hydroxyl groups excluding tert-OH is 1. The number of aliphatic hydroxyl groups is 1. The van der Waals surface area contributed by atoms with Gasteiger partial charge in [-0.3, -0.25) is 4.79 Å². The number of carbonyl (C=O) groups excluding carboxylic acids is 1. The molecule has 0 aromatic rings. The average Bonchev–Trinajstić information content (AvgIpc) is 2.18. The fourth-order valence-electron chi connectivity index (χ4n) is 2.07. The Kier molecular flexibility index (Phi) is 4.39. The third-order valence-corrected chi connectivity index (χ3v) is 3.11. The van der Waals surface area contributed by atoms with Crippen LogP contribution >= 0.6 is 0 Å². The summed E-state index contributed by atoms with van der Waals surface area (Å²) in [5, 5.41) is 9.33. The van der Waals surface area contributed by atoms with Gasteiger partial charge in [-0.15, -0.1) is 0 Å². The first kappa shape index (κ1) is 11.5. The predicted octanol–water partition coefficient (Wildman–Crippen LogP) is 1.74. The lowest BCUT2D eigenvalue weighted by Crippen LogP contribution is -2.28. The van der Waals surface area contributed by atoms with Crippen molar-refractivity contribution < 1.29 is 14.6 Å². The molecular weight excluding hydrogens is 180 g/mol. The quantitative estimate of drug-likeness (QED) is 0.706. The van der Waals surface area contributed by atoms with Gasteiger partial charge >= 0.3 is 5.97 Å². The van der Waals surface area contributed by atoms with Gasteiger partial charge in [-0.1, -0.05) is 6.92 Å². The van der Waals surface area contributed by atoms with Gasteiger partial charge in [-0.05, 0) is 38.5 Å². The third-order valence-electron chi connectivity index (χ3n) is 3.11. The summed E-state index contributed by atoms with van der Waals surface area (Å²) in [7, 11) is 0. The molecule has 1 aliphatic rings. The molecule has 1 fully saturated rings. The maximum absolute atomic E-state index is 11.4. The molecule has 82 valence electrons. The van der Waals surface area contributed by atoms with Crippen LogP contribution < -0.4 is 0 Å². The Bertz CT molecular complexity index is 183. The molecule has 0 aromatic carbocycles. The zero-order chi connectivity index (χ0) is 10.6. The van der Waals surface area contributed by atoms with Crippen molar-refractivity contribution in [3.8, 4) is 0 Å². The molecular formula is C11H20O3. The fourth-order valence-corrected chi connectivity index (χ4v) is 2.07. The van der Waals surface area contributed by atoms with E-state index in [0.29, 0.717) is 12.5 Å². The number of esters is 1. The number of hydrogen-bond donors (Lipinski definition) is 1. The predicted molar refractivity (Wildman–Crippen MR) is 53.8 cm³/mol. The molecule has 0 spiro atoms. The summed E-state index contributed by atoms with van der Waals surface area (Å²) in [6.07, 6.45) is 3.39. The topological polar surface area (TPSA) is 46.5 Å². The normalized spacial score (nSPS) is 29.6. The lowest BCUT2D eigenvalue weighted by atomic mass is 9.80. The second kappa shape index (κ2) is 5.35. The molecule has 0 aromatic heterocycles. The van der Waals surface area contributed by atoms with Crippen LogP contribution in [0.4, 0.5) is 0 Å². The molecule has 0 aliphatic heterocycles. The minimum Gasteiger partial charge on any atom is -0.466 e. The van der Waals surface area contributed by atoms with Gasteiger partial charge in [-0.25, -0.2) is 0 Å². The summed E-state index contributed by atoms with van der Waals surface area (Å²) in [4.78, 5) is 11.4. The molecule has 1 N–H and O–H groups in total. The van der Waals surface area contributed by atoms with Crippen LogP contribution in [-0.4, -0.2) is 23.8 Å². The van der Waals surface area contributed by atoms with Gasteiger partial charge in [-0.2, -0.15) is 0 Å². The molecule has 0 saturated heterocycles. The number of ether oxygens (including phenoxy) is 1. The second-order valence-corrected chi connectivity index (χ2v) is 4.11. The number of rotatable bonds is 3. The van der Waals surface area contributed by atoms with Crippen molar-refractivity contribution in [2.45, 2.75) is 45.6 Å². The highest BCUT2D eigenvalue weighted by molar-refractivity contribution is 5.72. The van der Waals surface area contributed by atoms with Crippen molar-refractivity contribution in [2.75, 3.05) is 6.61 Å². The Morgan fingerprint density at radius 3 is 2.50 bits per heavy atom. The van der Waals surface area contributed by atoms with Crippen molar-refractivity contribution in [3.63, 3.8) is 0 Å². The summed E-state index contributed by atoms with van der Waals surface area (Å²) in [6.45, 7) is 4.22. The molecule has 1 aliphatic carbocycles. The van der Waals surface area contributed by atoms with Gasteiger partial charge in [0.2, 0.25) is 0 Å². The van der Waals surface area contributed by atoms with Gasteiger partial charge in [0, 0.05) is 0 Å². The second-order valence-electron chi connectivity index (χ2n) is 4.11. The third kappa shape index (κ3) is 2.98. The van der Waals surface area contributed by atoms with Crippen LogP contribution in [0.15, 0.2) is 0 Å². The van der Waals surface area contributed by atoms with E-state index >= 15 is 0 Å². The Balaban J connectivity index is 2.37. The van der Waals surface area contributed by atoms with E-state index in [1.165, 1.54) is 0 Å². The standard InChI is InChI=1S/C11H20O3/c1-3-14-11(13)8(2)9-4-6-10(12)7-5-9/h8-10,12H,3-7H2,1-2H3/t8-,9?,10?/m0/s1. The molecule has 0 amide bonds. The van der Waals surface area contributed by atoms with Crippen LogP contribution in [0.1, 0.15) is 39.5 Å². The Labute approximate surface area is 85.5 Å².